The van der Waals surface area contributed by atoms with Crippen LogP contribution in [-0.4, -0.2) is 13.3 Å². The Hall–Kier alpha value is -1.07. The van der Waals surface area contributed by atoms with Gasteiger partial charge in [0.2, 0.25) is 0 Å². The first kappa shape index (κ1) is 12.0. The van der Waals surface area contributed by atoms with Crippen molar-refractivity contribution in [2.45, 2.75) is 12.3 Å². The number of hydrogen-bond donors (Lipinski definition) is 1. The largest absolute Gasteiger partial charge is 0.288 e. The van der Waals surface area contributed by atoms with Gasteiger partial charge in [-0.3, -0.25) is 4.84 Å². The fourth-order valence-corrected chi connectivity index (χ4v) is 1.26. The number of hydrogen-bond acceptors (Lipinski definition) is 2. The molecule has 0 aliphatic heterocycles. The second-order valence-corrected chi connectivity index (χ2v) is 3.21. The van der Waals surface area contributed by atoms with Crippen molar-refractivity contribution in [1.29, 1.82) is 0 Å². The summed E-state index contributed by atoms with van der Waals surface area (Å²) in [6.45, 7) is -2.90. The highest BCUT2D eigenvalue weighted by Crippen LogP contribution is 2.26. The molecule has 0 spiro atoms. The minimum absolute atomic E-state index is 0.199. The van der Waals surface area contributed by atoms with Crippen LogP contribution in [0.1, 0.15) is 11.1 Å². The lowest BCUT2D eigenvalue weighted by atomic mass is 9.95. The van der Waals surface area contributed by atoms with Gasteiger partial charge in [0.05, 0.1) is 0 Å². The van der Waals surface area contributed by atoms with Crippen LogP contribution in [0.3, 0.4) is 0 Å². The lowest BCUT2D eigenvalue weighted by Crippen LogP contribution is -2.37. The molecule has 1 rings (SSSR count). The van der Waals surface area contributed by atoms with Crippen molar-refractivity contribution in [3.63, 3.8) is 0 Å². The van der Waals surface area contributed by atoms with Gasteiger partial charge < -0.3 is 0 Å². The molecule has 15 heavy (non-hydrogen) atoms. The highest BCUT2D eigenvalue weighted by molar-refractivity contribution is 5.28. The Balaban J connectivity index is 3.10. The van der Waals surface area contributed by atoms with E-state index in [1.165, 1.54) is 24.3 Å². The average molecular weight is 219 g/mol. The standard InChI is InChI=1S/C10H12F3NO/c11-5-8-2-1-3-9(4-8)10(6-12,7-13)15-14/h1-4H,5-7,14H2. The monoisotopic (exact) mass is 219 g/mol. The van der Waals surface area contributed by atoms with E-state index in [4.69, 9.17) is 5.90 Å². The SMILES string of the molecule is NOC(CF)(CF)c1cccc(CF)c1. The molecule has 0 aliphatic carbocycles. The van der Waals surface area contributed by atoms with Gasteiger partial charge >= 0.3 is 0 Å². The molecule has 0 bridgehead atoms. The number of halogens is 3. The molecular formula is C10H12F3NO. The molecule has 0 fully saturated rings. The Bertz CT molecular complexity index is 307. The quantitative estimate of drug-likeness (QED) is 0.770. The van der Waals surface area contributed by atoms with Crippen LogP contribution in [0.5, 0.6) is 0 Å². The summed E-state index contributed by atoms with van der Waals surface area (Å²) < 4.78 is 37.7. The number of nitrogens with two attached hydrogens (primary N) is 1. The van der Waals surface area contributed by atoms with Crippen LogP contribution in [-0.2, 0) is 17.1 Å². The molecule has 2 nitrogen and oxygen atoms in total. The summed E-state index contributed by atoms with van der Waals surface area (Å²) in [4.78, 5) is 4.35. The van der Waals surface area contributed by atoms with Gasteiger partial charge in [-0.15, -0.1) is 0 Å². The maximum absolute atomic E-state index is 12.7. The van der Waals surface area contributed by atoms with Crippen molar-refractivity contribution in [2.24, 2.45) is 5.90 Å². The fraction of sp³-hybridized carbons (Fsp3) is 0.400. The Labute approximate surface area is 85.8 Å². The first-order valence-corrected chi connectivity index (χ1v) is 4.37. The van der Waals surface area contributed by atoms with E-state index in [9.17, 15) is 13.2 Å². The molecule has 0 atom stereocenters. The minimum atomic E-state index is -1.81. The molecule has 2 N–H and O–H groups in total. The van der Waals surface area contributed by atoms with Gasteiger partial charge in [-0.25, -0.2) is 19.1 Å². The van der Waals surface area contributed by atoms with E-state index in [1.54, 1.807) is 0 Å². The van der Waals surface area contributed by atoms with Crippen molar-refractivity contribution in [3.05, 3.63) is 35.4 Å². The molecule has 0 aromatic heterocycles. The van der Waals surface area contributed by atoms with E-state index < -0.39 is 25.6 Å². The minimum Gasteiger partial charge on any atom is -0.288 e. The van der Waals surface area contributed by atoms with Crippen LogP contribution in [0.2, 0.25) is 0 Å². The first-order valence-electron chi connectivity index (χ1n) is 4.37. The van der Waals surface area contributed by atoms with Crippen LogP contribution in [0.25, 0.3) is 0 Å². The predicted octanol–water partition coefficient (Wildman–Crippen LogP) is 2.18. The number of alkyl halides is 3. The summed E-state index contributed by atoms with van der Waals surface area (Å²) in [5.74, 6) is 4.88. The van der Waals surface area contributed by atoms with E-state index in [0.717, 1.165) is 0 Å². The molecule has 0 heterocycles. The van der Waals surface area contributed by atoms with Crippen LogP contribution in [0.15, 0.2) is 24.3 Å². The third-order valence-corrected chi connectivity index (χ3v) is 2.26. The summed E-state index contributed by atoms with van der Waals surface area (Å²) in [5, 5.41) is 0. The highest BCUT2D eigenvalue weighted by atomic mass is 19.1. The lowest BCUT2D eigenvalue weighted by molar-refractivity contribution is -0.0836. The van der Waals surface area contributed by atoms with Crippen molar-refractivity contribution in [2.75, 3.05) is 13.3 Å². The normalized spacial score (nSPS) is 11.7. The fourth-order valence-electron chi connectivity index (χ4n) is 1.26. The zero-order valence-corrected chi connectivity index (χ0v) is 8.05. The maximum Gasteiger partial charge on any atom is 0.170 e. The number of benzene rings is 1. The second kappa shape index (κ2) is 5.14. The maximum atomic E-state index is 12.7. The Kier molecular flexibility index (Phi) is 4.11. The summed E-state index contributed by atoms with van der Waals surface area (Å²) in [7, 11) is 0. The summed E-state index contributed by atoms with van der Waals surface area (Å²) in [6, 6.07) is 5.81. The molecule has 0 aliphatic rings. The van der Waals surface area contributed by atoms with Crippen molar-refractivity contribution < 1.29 is 18.0 Å². The lowest BCUT2D eigenvalue weighted by Gasteiger charge is -2.25. The van der Waals surface area contributed by atoms with Gasteiger partial charge in [0.1, 0.15) is 20.0 Å². The van der Waals surface area contributed by atoms with Gasteiger partial charge in [0.15, 0.2) is 5.60 Å². The van der Waals surface area contributed by atoms with Crippen molar-refractivity contribution >= 4 is 0 Å². The Morgan fingerprint density at radius 2 is 1.87 bits per heavy atom. The van der Waals surface area contributed by atoms with Crippen molar-refractivity contribution in [1.82, 2.24) is 0 Å². The Morgan fingerprint density at radius 1 is 1.20 bits per heavy atom. The second-order valence-electron chi connectivity index (χ2n) is 3.21. The summed E-state index contributed by atoms with van der Waals surface area (Å²) >= 11 is 0. The molecule has 0 radical (unpaired) electrons. The van der Waals surface area contributed by atoms with Gasteiger partial charge in [-0.2, -0.15) is 0 Å². The summed E-state index contributed by atoms with van der Waals surface area (Å²) in [5.41, 5.74) is -1.29. The van der Waals surface area contributed by atoms with Gasteiger partial charge in [0, 0.05) is 0 Å². The van der Waals surface area contributed by atoms with Gasteiger partial charge in [-0.1, -0.05) is 24.3 Å². The molecule has 1 aromatic carbocycles. The molecule has 5 heteroatoms. The van der Waals surface area contributed by atoms with E-state index >= 15 is 0 Å². The van der Waals surface area contributed by atoms with E-state index in [0.29, 0.717) is 5.56 Å². The van der Waals surface area contributed by atoms with E-state index in [2.05, 4.69) is 4.84 Å². The summed E-state index contributed by atoms with van der Waals surface area (Å²) in [6.07, 6.45) is 0. The van der Waals surface area contributed by atoms with E-state index in [-0.39, 0.29) is 5.56 Å². The molecular weight excluding hydrogens is 207 g/mol. The zero-order chi connectivity index (χ0) is 11.3. The molecule has 0 saturated carbocycles. The van der Waals surface area contributed by atoms with Gasteiger partial charge in [-0.05, 0) is 11.1 Å². The highest BCUT2D eigenvalue weighted by Gasteiger charge is 2.34. The molecule has 0 saturated heterocycles. The molecule has 84 valence electrons. The van der Waals surface area contributed by atoms with Crippen LogP contribution >= 0.6 is 0 Å². The van der Waals surface area contributed by atoms with Crippen LogP contribution < -0.4 is 5.90 Å². The molecule has 0 unspecified atom stereocenters. The average Bonchev–Trinajstić information content (AvgIpc) is 2.32. The van der Waals surface area contributed by atoms with Gasteiger partial charge in [0.25, 0.3) is 0 Å². The zero-order valence-electron chi connectivity index (χ0n) is 8.05. The number of rotatable bonds is 5. The van der Waals surface area contributed by atoms with Crippen LogP contribution in [0, 0.1) is 0 Å². The topological polar surface area (TPSA) is 35.2 Å². The van der Waals surface area contributed by atoms with E-state index in [1.807, 2.05) is 0 Å². The Morgan fingerprint density at radius 3 is 2.33 bits per heavy atom. The predicted molar refractivity (Wildman–Crippen MR) is 50.2 cm³/mol. The third-order valence-electron chi connectivity index (χ3n) is 2.26. The van der Waals surface area contributed by atoms with Crippen LogP contribution in [0.4, 0.5) is 13.2 Å². The molecule has 0 amide bonds. The van der Waals surface area contributed by atoms with Crippen molar-refractivity contribution in [3.8, 4) is 0 Å². The smallest absolute Gasteiger partial charge is 0.170 e. The third kappa shape index (κ3) is 2.30. The first-order chi connectivity index (χ1) is 7.22. The molecule has 1 aromatic rings.